The number of benzene rings is 1. The van der Waals surface area contributed by atoms with Gasteiger partial charge in [0.25, 0.3) is 0 Å². The molecule has 2 aromatic rings. The fourth-order valence-corrected chi connectivity index (χ4v) is 3.58. The van der Waals surface area contributed by atoms with Crippen LogP contribution in [0.15, 0.2) is 30.6 Å². The highest BCUT2D eigenvalue weighted by Crippen LogP contribution is 2.27. The van der Waals surface area contributed by atoms with E-state index in [-0.39, 0.29) is 6.61 Å². The van der Waals surface area contributed by atoms with Crippen molar-refractivity contribution in [2.24, 2.45) is 17.6 Å². The van der Waals surface area contributed by atoms with Crippen LogP contribution in [0.5, 0.6) is 0 Å². The van der Waals surface area contributed by atoms with Gasteiger partial charge in [-0.3, -0.25) is 0 Å². The molecule has 1 aromatic carbocycles. The van der Waals surface area contributed by atoms with Crippen LogP contribution in [-0.2, 0) is 11.3 Å². The Labute approximate surface area is 166 Å². The molecule has 0 radical (unpaired) electrons. The zero-order valence-corrected chi connectivity index (χ0v) is 16.8. The molecule has 0 atom stereocenters. The van der Waals surface area contributed by atoms with E-state index >= 15 is 0 Å². The molecule has 0 aliphatic carbocycles. The van der Waals surface area contributed by atoms with E-state index in [0.29, 0.717) is 0 Å². The zero-order valence-electron chi connectivity index (χ0n) is 16.8. The molecule has 7 nitrogen and oxygen atoms in total. The molecule has 1 fully saturated rings. The summed E-state index contributed by atoms with van der Waals surface area (Å²) < 4.78 is 4.83. The Hall–Kier alpha value is -2.83. The molecule has 7 heteroatoms. The van der Waals surface area contributed by atoms with E-state index in [4.69, 9.17) is 10.5 Å². The van der Waals surface area contributed by atoms with Gasteiger partial charge in [0.1, 0.15) is 6.61 Å². The topological polar surface area (TPSA) is 93.4 Å². The van der Waals surface area contributed by atoms with Crippen LogP contribution >= 0.6 is 0 Å². The third-order valence-electron chi connectivity index (χ3n) is 5.35. The minimum Gasteiger partial charge on any atom is -0.445 e. The molecule has 0 saturated carbocycles. The minimum absolute atomic E-state index is 0.168. The van der Waals surface area contributed by atoms with E-state index in [1.54, 1.807) is 0 Å². The number of nitrogens with two attached hydrogens (primary N) is 1. The summed E-state index contributed by atoms with van der Waals surface area (Å²) in [5.74, 6) is 2.34. The first-order valence-corrected chi connectivity index (χ1v) is 9.78. The fourth-order valence-electron chi connectivity index (χ4n) is 3.58. The summed E-state index contributed by atoms with van der Waals surface area (Å²) in [6.07, 6.45) is 5.27. The molecule has 2 heterocycles. The van der Waals surface area contributed by atoms with Gasteiger partial charge in [0.15, 0.2) is 0 Å². The first kappa shape index (κ1) is 19.9. The molecule has 3 rings (SSSR count). The van der Waals surface area contributed by atoms with Crippen LogP contribution in [0.4, 0.5) is 22.1 Å². The maximum Gasteiger partial charge on any atom is 0.404 e. The lowest BCUT2D eigenvalue weighted by Crippen LogP contribution is -2.36. The molecule has 1 saturated heterocycles. The van der Waals surface area contributed by atoms with Crippen molar-refractivity contribution in [2.75, 3.05) is 23.3 Å². The van der Waals surface area contributed by atoms with Gasteiger partial charge < -0.3 is 20.7 Å². The molecule has 150 valence electrons. The average Bonchev–Trinajstić information content (AvgIpc) is 2.69. The molecular weight excluding hydrogens is 354 g/mol. The smallest absolute Gasteiger partial charge is 0.404 e. The number of nitrogens with one attached hydrogen (secondary N) is 1. The van der Waals surface area contributed by atoms with Crippen molar-refractivity contribution in [3.05, 3.63) is 41.7 Å². The largest absolute Gasteiger partial charge is 0.445 e. The van der Waals surface area contributed by atoms with E-state index in [1.165, 1.54) is 12.8 Å². The van der Waals surface area contributed by atoms with Gasteiger partial charge in [-0.1, -0.05) is 26.0 Å². The summed E-state index contributed by atoms with van der Waals surface area (Å²) in [6, 6.07) is 5.80. The maximum atomic E-state index is 10.7. The van der Waals surface area contributed by atoms with Gasteiger partial charge in [-0.2, -0.15) is 0 Å². The summed E-state index contributed by atoms with van der Waals surface area (Å²) in [6.45, 7) is 8.80. The normalized spacial score (nSPS) is 14.9. The van der Waals surface area contributed by atoms with Crippen molar-refractivity contribution in [1.82, 2.24) is 9.97 Å². The highest BCUT2D eigenvalue weighted by atomic mass is 16.5. The molecule has 0 bridgehead atoms. The van der Waals surface area contributed by atoms with E-state index < -0.39 is 6.09 Å². The first-order valence-electron chi connectivity index (χ1n) is 9.78. The second-order valence-corrected chi connectivity index (χ2v) is 7.72. The van der Waals surface area contributed by atoms with Crippen LogP contribution in [0.1, 0.15) is 37.8 Å². The number of piperidine rings is 1. The number of carbonyl (C=O) groups is 1. The molecule has 0 unspecified atom stereocenters. The molecule has 3 N–H and O–H groups in total. The number of rotatable bonds is 6. The van der Waals surface area contributed by atoms with Gasteiger partial charge in [0, 0.05) is 18.8 Å². The SMILES string of the molecule is Cc1cc(COC(N)=O)ccc1Nc1cnc(N2CCC(C(C)C)CC2)nc1. The Morgan fingerprint density at radius 1 is 1.29 bits per heavy atom. The number of hydrogen-bond donors (Lipinski definition) is 2. The van der Waals surface area contributed by atoms with Gasteiger partial charge in [-0.15, -0.1) is 0 Å². The number of anilines is 3. The number of aryl methyl sites for hydroxylation is 1. The highest BCUT2D eigenvalue weighted by Gasteiger charge is 2.22. The van der Waals surface area contributed by atoms with Gasteiger partial charge in [0.05, 0.1) is 18.1 Å². The highest BCUT2D eigenvalue weighted by molar-refractivity contribution is 5.65. The Kier molecular flexibility index (Phi) is 6.34. The first-order chi connectivity index (χ1) is 13.4. The Morgan fingerprint density at radius 3 is 2.54 bits per heavy atom. The number of primary amides is 1. The van der Waals surface area contributed by atoms with Crippen molar-refractivity contribution in [2.45, 2.75) is 40.2 Å². The maximum absolute atomic E-state index is 10.7. The van der Waals surface area contributed by atoms with Crippen LogP contribution in [0, 0.1) is 18.8 Å². The Balaban J connectivity index is 1.59. The van der Waals surface area contributed by atoms with Crippen LogP contribution in [0.3, 0.4) is 0 Å². The predicted molar refractivity (Wildman–Crippen MR) is 111 cm³/mol. The number of carbonyl (C=O) groups excluding carboxylic acids is 1. The number of amides is 1. The van der Waals surface area contributed by atoms with Crippen molar-refractivity contribution in [3.8, 4) is 0 Å². The van der Waals surface area contributed by atoms with Crippen molar-refractivity contribution >= 4 is 23.4 Å². The second kappa shape index (κ2) is 8.91. The quantitative estimate of drug-likeness (QED) is 0.783. The summed E-state index contributed by atoms with van der Waals surface area (Å²) in [5.41, 5.74) is 8.72. The molecule has 1 aliphatic rings. The van der Waals surface area contributed by atoms with E-state index in [2.05, 4.69) is 34.0 Å². The number of ether oxygens (including phenoxy) is 1. The summed E-state index contributed by atoms with van der Waals surface area (Å²) in [5, 5.41) is 3.34. The lowest BCUT2D eigenvalue weighted by atomic mass is 9.87. The number of nitrogens with zero attached hydrogens (tertiary/aromatic N) is 3. The summed E-state index contributed by atoms with van der Waals surface area (Å²) >= 11 is 0. The summed E-state index contributed by atoms with van der Waals surface area (Å²) in [7, 11) is 0. The van der Waals surface area contributed by atoms with Gasteiger partial charge in [-0.25, -0.2) is 14.8 Å². The Morgan fingerprint density at radius 2 is 1.96 bits per heavy atom. The van der Waals surface area contributed by atoms with E-state index in [1.807, 2.05) is 37.5 Å². The zero-order chi connectivity index (χ0) is 20.1. The van der Waals surface area contributed by atoms with Crippen molar-refractivity contribution in [1.29, 1.82) is 0 Å². The van der Waals surface area contributed by atoms with Crippen LogP contribution in [0.25, 0.3) is 0 Å². The lowest BCUT2D eigenvalue weighted by molar-refractivity contribution is 0.150. The molecule has 1 amide bonds. The number of aromatic nitrogens is 2. The number of hydrogen-bond acceptors (Lipinski definition) is 6. The van der Waals surface area contributed by atoms with Gasteiger partial charge in [0.2, 0.25) is 5.95 Å². The minimum atomic E-state index is -0.773. The standard InChI is InChI=1S/C21H29N5O2/c1-14(2)17-6-8-26(9-7-17)21-23-11-18(12-24-21)25-19-5-4-16(10-15(19)3)13-28-20(22)27/h4-5,10-12,14,17,25H,6-9,13H2,1-3H3,(H2,22,27). The predicted octanol–water partition coefficient (Wildman–Crippen LogP) is 4.00. The van der Waals surface area contributed by atoms with Crippen LogP contribution < -0.4 is 16.0 Å². The molecule has 1 aliphatic heterocycles. The van der Waals surface area contributed by atoms with Gasteiger partial charge >= 0.3 is 6.09 Å². The van der Waals surface area contributed by atoms with E-state index in [0.717, 1.165) is 53.4 Å². The molecule has 28 heavy (non-hydrogen) atoms. The summed E-state index contributed by atoms with van der Waals surface area (Å²) in [4.78, 5) is 22.1. The Bertz CT molecular complexity index is 799. The molecular formula is C21H29N5O2. The third kappa shape index (κ3) is 5.12. The third-order valence-corrected chi connectivity index (χ3v) is 5.35. The van der Waals surface area contributed by atoms with Crippen molar-refractivity contribution in [3.63, 3.8) is 0 Å². The monoisotopic (exact) mass is 383 g/mol. The van der Waals surface area contributed by atoms with Crippen LogP contribution in [0.2, 0.25) is 0 Å². The lowest BCUT2D eigenvalue weighted by Gasteiger charge is -2.33. The molecule has 0 spiro atoms. The van der Waals surface area contributed by atoms with E-state index in [9.17, 15) is 4.79 Å². The average molecular weight is 383 g/mol. The fraction of sp³-hybridized carbons (Fsp3) is 0.476. The van der Waals surface area contributed by atoms with Gasteiger partial charge in [-0.05, 0) is 48.8 Å². The van der Waals surface area contributed by atoms with Crippen LogP contribution in [-0.4, -0.2) is 29.2 Å². The van der Waals surface area contributed by atoms with Crippen molar-refractivity contribution < 1.29 is 9.53 Å². The molecule has 1 aromatic heterocycles. The second-order valence-electron chi connectivity index (χ2n) is 7.72.